The Kier molecular flexibility index (Phi) is 7.46. The Balaban J connectivity index is 1.18. The predicted octanol–water partition coefficient (Wildman–Crippen LogP) is 8.51. The number of allylic oxidation sites excluding steroid dienone is 2. The second kappa shape index (κ2) is 10.9. The van der Waals surface area contributed by atoms with Crippen molar-refractivity contribution in [2.24, 2.45) is 63.1 Å². The molecule has 8 rings (SSSR count). The summed E-state index contributed by atoms with van der Waals surface area (Å²) in [6, 6.07) is 0. The van der Waals surface area contributed by atoms with Gasteiger partial charge in [-0.1, -0.05) is 38.8 Å². The zero-order chi connectivity index (χ0) is 34.0. The first kappa shape index (κ1) is 32.9. The molecule has 0 spiro atoms. The second-order valence-electron chi connectivity index (χ2n) is 18.8. The van der Waals surface area contributed by atoms with E-state index in [4.69, 9.17) is 9.47 Å². The zero-order valence-corrected chi connectivity index (χ0v) is 30.3. The van der Waals surface area contributed by atoms with Crippen molar-refractivity contribution in [2.45, 2.75) is 150 Å². The molecule has 0 aliphatic heterocycles. The molecule has 8 aliphatic carbocycles. The summed E-state index contributed by atoms with van der Waals surface area (Å²) < 4.78 is 12.9. The van der Waals surface area contributed by atoms with Gasteiger partial charge in [0.25, 0.3) is 0 Å². The van der Waals surface area contributed by atoms with Crippen molar-refractivity contribution in [1.29, 1.82) is 0 Å². The van der Waals surface area contributed by atoms with Crippen LogP contribution in [0.1, 0.15) is 138 Å². The molecule has 3 unspecified atom stereocenters. The lowest BCUT2D eigenvalue weighted by molar-refractivity contribution is -0.220. The van der Waals surface area contributed by atoms with Crippen molar-refractivity contribution in [1.82, 2.24) is 0 Å². The molecule has 6 nitrogen and oxygen atoms in total. The second-order valence-corrected chi connectivity index (χ2v) is 18.8. The van der Waals surface area contributed by atoms with Crippen molar-refractivity contribution in [3.05, 3.63) is 23.3 Å². The molecule has 0 N–H and O–H groups in total. The number of rotatable bonds is 3. The third kappa shape index (κ3) is 4.28. The van der Waals surface area contributed by atoms with Crippen molar-refractivity contribution >= 4 is 23.5 Å². The monoisotopic (exact) mass is 658 g/mol. The first-order valence-corrected chi connectivity index (χ1v) is 19.5. The van der Waals surface area contributed by atoms with Crippen LogP contribution in [0.2, 0.25) is 0 Å². The van der Waals surface area contributed by atoms with Crippen LogP contribution in [0, 0.1) is 63.1 Å². The number of hydrogen-bond acceptors (Lipinski definition) is 6. The van der Waals surface area contributed by atoms with E-state index in [0.717, 1.165) is 83.5 Å². The van der Waals surface area contributed by atoms with Gasteiger partial charge in [-0.3, -0.25) is 19.2 Å². The number of hydrogen-bond donors (Lipinski definition) is 0. The molecule has 6 fully saturated rings. The van der Waals surface area contributed by atoms with E-state index in [-0.39, 0.29) is 51.4 Å². The Hall–Kier alpha value is -2.24. The lowest BCUT2D eigenvalue weighted by Crippen LogP contribution is -2.65. The van der Waals surface area contributed by atoms with Gasteiger partial charge in [0.05, 0.1) is 0 Å². The molecule has 0 heterocycles. The van der Waals surface area contributed by atoms with E-state index in [2.05, 4.69) is 27.7 Å². The van der Waals surface area contributed by atoms with Crippen LogP contribution in [-0.2, 0) is 28.7 Å². The Bertz CT molecular complexity index is 1510. The number of fused-ring (bicyclic) bond motifs is 10. The predicted molar refractivity (Wildman–Crippen MR) is 182 cm³/mol. The molecule has 0 aromatic carbocycles. The van der Waals surface area contributed by atoms with E-state index in [0.29, 0.717) is 54.1 Å². The van der Waals surface area contributed by atoms with Crippen molar-refractivity contribution in [3.63, 3.8) is 0 Å². The SMILES string of the molecule is CC(=O)OC1CC[C@H]2[C@@H]3CCC4=CC(=O)CC(C5(OC(C)=O)CC[C@H]6[C@@H]7CCC8=CC(=O)CC[C@]8(C)[C@@H]7CC[C@@]65C)[C@]4(C)[C@@H]3CC[C@]12C. The molecule has 6 saturated carbocycles. The van der Waals surface area contributed by atoms with Gasteiger partial charge in [-0.15, -0.1) is 0 Å². The maximum absolute atomic E-state index is 13.8. The topological polar surface area (TPSA) is 86.7 Å². The number of esters is 2. The quantitative estimate of drug-likeness (QED) is 0.283. The first-order valence-electron chi connectivity index (χ1n) is 19.5. The number of carbonyl (C=O) groups is 4. The minimum Gasteiger partial charge on any atom is -0.462 e. The molecular formula is C42H58O6. The van der Waals surface area contributed by atoms with Crippen molar-refractivity contribution in [2.75, 3.05) is 0 Å². The summed E-state index contributed by atoms with van der Waals surface area (Å²) in [5, 5.41) is 0. The van der Waals surface area contributed by atoms with Gasteiger partial charge in [0.1, 0.15) is 11.7 Å². The first-order chi connectivity index (χ1) is 22.7. The van der Waals surface area contributed by atoms with Gasteiger partial charge in [-0.25, -0.2) is 0 Å². The highest BCUT2D eigenvalue weighted by Crippen LogP contribution is 2.75. The molecule has 0 bridgehead atoms. The standard InChI is InChI=1S/C42H58O6/c1-24(43)47-37-12-11-32-31-10-8-27-22-29(46)23-36(41(27,6)35(31)14-18-39(32,37)4)42(48-25(2)44)20-16-34-30-9-7-26-21-28(45)13-17-38(26,3)33(30)15-19-40(34,42)5/h21-22,30-37H,7-20,23H2,1-6H3/t30-,31+,32+,33-,34+,35-,36?,37?,38+,39+,40+,41+,42?/m1/s1. The maximum atomic E-state index is 13.8. The van der Waals surface area contributed by atoms with Gasteiger partial charge >= 0.3 is 11.9 Å². The third-order valence-electron chi connectivity index (χ3n) is 17.4. The van der Waals surface area contributed by atoms with Gasteiger partial charge in [0.15, 0.2) is 11.6 Å². The van der Waals surface area contributed by atoms with Gasteiger partial charge in [-0.2, -0.15) is 0 Å². The fourth-order valence-corrected chi connectivity index (χ4v) is 15.3. The molecule has 0 radical (unpaired) electrons. The smallest absolute Gasteiger partial charge is 0.303 e. The van der Waals surface area contributed by atoms with Crippen LogP contribution in [0.25, 0.3) is 0 Å². The zero-order valence-electron chi connectivity index (χ0n) is 30.3. The number of ketones is 2. The van der Waals surface area contributed by atoms with Gasteiger partial charge in [-0.05, 0) is 142 Å². The molecule has 13 atom stereocenters. The average molecular weight is 659 g/mol. The van der Waals surface area contributed by atoms with Crippen molar-refractivity contribution in [3.8, 4) is 0 Å². The summed E-state index contributed by atoms with van der Waals surface area (Å²) in [5.74, 6) is 3.04. The molecular weight excluding hydrogens is 600 g/mol. The van der Waals surface area contributed by atoms with Crippen LogP contribution < -0.4 is 0 Å². The Morgan fingerprint density at radius 3 is 2.06 bits per heavy atom. The van der Waals surface area contributed by atoms with E-state index >= 15 is 0 Å². The molecule has 48 heavy (non-hydrogen) atoms. The lowest BCUT2D eigenvalue weighted by Gasteiger charge is -2.65. The third-order valence-corrected chi connectivity index (χ3v) is 17.4. The lowest BCUT2D eigenvalue weighted by atomic mass is 9.40. The molecule has 0 aromatic heterocycles. The molecule has 6 heteroatoms. The summed E-state index contributed by atoms with van der Waals surface area (Å²) in [7, 11) is 0. The van der Waals surface area contributed by atoms with E-state index in [9.17, 15) is 19.2 Å². The normalized spacial score (nSPS) is 50.8. The van der Waals surface area contributed by atoms with E-state index < -0.39 is 5.60 Å². The maximum Gasteiger partial charge on any atom is 0.303 e. The van der Waals surface area contributed by atoms with Gasteiger partial charge in [0, 0.05) is 43.4 Å². The highest BCUT2D eigenvalue weighted by atomic mass is 16.6. The summed E-state index contributed by atoms with van der Waals surface area (Å²) in [6.45, 7) is 12.9. The van der Waals surface area contributed by atoms with Gasteiger partial charge < -0.3 is 9.47 Å². The Labute approximate surface area is 287 Å². The molecule has 0 amide bonds. The van der Waals surface area contributed by atoms with E-state index in [1.165, 1.54) is 11.1 Å². The van der Waals surface area contributed by atoms with Crippen LogP contribution in [0.5, 0.6) is 0 Å². The summed E-state index contributed by atoms with van der Waals surface area (Å²) >= 11 is 0. The van der Waals surface area contributed by atoms with E-state index in [1.54, 1.807) is 13.8 Å². The minimum absolute atomic E-state index is 0.00505. The van der Waals surface area contributed by atoms with Crippen LogP contribution in [0.15, 0.2) is 23.3 Å². The van der Waals surface area contributed by atoms with Gasteiger partial charge in [0.2, 0.25) is 0 Å². The number of ether oxygens (including phenoxy) is 2. The summed E-state index contributed by atoms with van der Waals surface area (Å²) in [5.41, 5.74) is 1.66. The Morgan fingerprint density at radius 1 is 0.667 bits per heavy atom. The molecule has 262 valence electrons. The molecule has 8 aliphatic rings. The van der Waals surface area contributed by atoms with Crippen LogP contribution in [-0.4, -0.2) is 35.2 Å². The molecule has 0 aromatic rings. The molecule has 0 saturated heterocycles. The minimum atomic E-state index is -0.684. The highest BCUT2D eigenvalue weighted by molar-refractivity contribution is 5.92. The van der Waals surface area contributed by atoms with E-state index in [1.807, 2.05) is 12.2 Å². The number of carbonyl (C=O) groups excluding carboxylic acids is 4. The summed E-state index contributed by atoms with van der Waals surface area (Å²) in [6.07, 6.45) is 18.3. The fourth-order valence-electron chi connectivity index (χ4n) is 15.3. The Morgan fingerprint density at radius 2 is 1.33 bits per heavy atom. The highest BCUT2D eigenvalue weighted by Gasteiger charge is 2.73. The van der Waals surface area contributed by atoms with Crippen LogP contribution >= 0.6 is 0 Å². The van der Waals surface area contributed by atoms with Crippen molar-refractivity contribution < 1.29 is 28.7 Å². The van der Waals surface area contributed by atoms with Crippen LogP contribution in [0.4, 0.5) is 0 Å². The summed E-state index contributed by atoms with van der Waals surface area (Å²) in [4.78, 5) is 51.7. The van der Waals surface area contributed by atoms with Crippen LogP contribution in [0.3, 0.4) is 0 Å². The fraction of sp³-hybridized carbons (Fsp3) is 0.810. The average Bonchev–Trinajstić information content (AvgIpc) is 3.50. The largest absolute Gasteiger partial charge is 0.462 e.